The van der Waals surface area contributed by atoms with Gasteiger partial charge in [0.1, 0.15) is 5.01 Å². The summed E-state index contributed by atoms with van der Waals surface area (Å²) in [6.45, 7) is 0. The number of nitrogens with zero attached hydrogens (tertiary/aromatic N) is 4. The van der Waals surface area contributed by atoms with Gasteiger partial charge in [0.15, 0.2) is 0 Å². The Hall–Kier alpha value is -0.890. The van der Waals surface area contributed by atoms with E-state index in [2.05, 4.69) is 15.3 Å². The van der Waals surface area contributed by atoms with Crippen LogP contribution in [-0.2, 0) is 12.6 Å². The molecule has 0 fully saturated rings. The first-order valence-electron chi connectivity index (χ1n) is 4.36. The third-order valence-corrected chi connectivity index (χ3v) is 3.04. The van der Waals surface area contributed by atoms with E-state index in [1.54, 1.807) is 0 Å². The molecule has 0 saturated heterocycles. The Bertz CT molecular complexity index is 491. The zero-order valence-electron chi connectivity index (χ0n) is 7.83. The molecule has 0 aliphatic carbocycles. The molecule has 2 aromatic heterocycles. The predicted octanol–water partition coefficient (Wildman–Crippen LogP) is 2.38. The first kappa shape index (κ1) is 11.6. The maximum Gasteiger partial charge on any atom is 0.453 e. The molecule has 2 heterocycles. The van der Waals surface area contributed by atoms with E-state index in [9.17, 15) is 13.2 Å². The number of alkyl halides is 4. The van der Waals surface area contributed by atoms with Gasteiger partial charge in [-0.2, -0.15) is 22.8 Å². The Kier molecular flexibility index (Phi) is 3.02. The third-order valence-electron chi connectivity index (χ3n) is 1.81. The van der Waals surface area contributed by atoms with Crippen molar-refractivity contribution in [2.24, 2.45) is 0 Å². The molecule has 0 spiro atoms. The van der Waals surface area contributed by atoms with Crippen LogP contribution in [0.15, 0.2) is 0 Å². The van der Waals surface area contributed by atoms with Crippen molar-refractivity contribution in [3.63, 3.8) is 0 Å². The van der Waals surface area contributed by atoms with E-state index in [1.807, 2.05) is 0 Å². The normalized spacial score (nSPS) is 12.5. The second kappa shape index (κ2) is 4.17. The van der Waals surface area contributed by atoms with Crippen LogP contribution in [0.5, 0.6) is 0 Å². The smallest absolute Gasteiger partial charge is 0.178 e. The van der Waals surface area contributed by atoms with Crippen molar-refractivity contribution in [2.45, 2.75) is 19.0 Å². The highest BCUT2D eigenvalue weighted by Gasteiger charge is 2.38. The van der Waals surface area contributed by atoms with Gasteiger partial charge in [0.05, 0.1) is 0 Å². The molecule has 0 radical (unpaired) electrons. The van der Waals surface area contributed by atoms with Crippen molar-refractivity contribution in [3.8, 4) is 0 Å². The van der Waals surface area contributed by atoms with Crippen molar-refractivity contribution in [1.82, 2.24) is 19.8 Å². The van der Waals surface area contributed by atoms with Crippen LogP contribution in [0.4, 0.5) is 13.2 Å². The fraction of sp³-hybridized carbons (Fsp3) is 0.571. The first-order chi connectivity index (χ1) is 7.52. The monoisotopic (exact) mass is 270 g/mol. The third kappa shape index (κ3) is 2.12. The molecule has 0 saturated carbocycles. The molecular weight excluding hydrogens is 265 g/mol. The first-order valence-corrected chi connectivity index (χ1v) is 5.72. The fourth-order valence-electron chi connectivity index (χ4n) is 1.15. The lowest BCUT2D eigenvalue weighted by atomic mass is 10.4. The van der Waals surface area contributed by atoms with Gasteiger partial charge in [-0.15, -0.1) is 21.8 Å². The van der Waals surface area contributed by atoms with E-state index < -0.39 is 12.0 Å². The largest absolute Gasteiger partial charge is 0.453 e. The molecule has 0 aliphatic rings. The van der Waals surface area contributed by atoms with Gasteiger partial charge in [-0.05, 0) is 6.42 Å². The SMILES string of the molecule is FC(F)(F)c1nnc2sc(CCCCl)nn12. The van der Waals surface area contributed by atoms with Crippen LogP contribution in [0.1, 0.15) is 17.3 Å². The van der Waals surface area contributed by atoms with E-state index in [0.29, 0.717) is 23.7 Å². The van der Waals surface area contributed by atoms with E-state index in [0.717, 1.165) is 15.9 Å². The zero-order valence-corrected chi connectivity index (χ0v) is 9.40. The molecule has 0 aromatic carbocycles. The van der Waals surface area contributed by atoms with Crippen molar-refractivity contribution in [3.05, 3.63) is 10.8 Å². The number of hydrogen-bond donors (Lipinski definition) is 0. The van der Waals surface area contributed by atoms with Gasteiger partial charge in [0.25, 0.3) is 5.82 Å². The lowest BCUT2D eigenvalue weighted by molar-refractivity contribution is -0.146. The van der Waals surface area contributed by atoms with E-state index in [-0.39, 0.29) is 4.96 Å². The van der Waals surface area contributed by atoms with Crippen molar-refractivity contribution in [2.75, 3.05) is 5.88 Å². The van der Waals surface area contributed by atoms with Crippen molar-refractivity contribution < 1.29 is 13.2 Å². The molecular formula is C7H6ClF3N4S. The number of fused-ring (bicyclic) bond motifs is 1. The average Bonchev–Trinajstić information content (AvgIpc) is 2.70. The van der Waals surface area contributed by atoms with Gasteiger partial charge in [-0.1, -0.05) is 11.3 Å². The van der Waals surface area contributed by atoms with Crippen LogP contribution in [0.3, 0.4) is 0 Å². The maximum absolute atomic E-state index is 12.4. The topological polar surface area (TPSA) is 43.1 Å². The summed E-state index contributed by atoms with van der Waals surface area (Å²) in [5.74, 6) is -0.636. The minimum atomic E-state index is -4.53. The molecule has 0 bridgehead atoms. The summed E-state index contributed by atoms with van der Waals surface area (Å²) in [6, 6.07) is 0. The fourth-order valence-corrected chi connectivity index (χ4v) is 2.16. The maximum atomic E-state index is 12.4. The lowest BCUT2D eigenvalue weighted by Crippen LogP contribution is -2.11. The summed E-state index contributed by atoms with van der Waals surface area (Å²) in [6.07, 6.45) is -3.31. The molecule has 2 rings (SSSR count). The van der Waals surface area contributed by atoms with Crippen molar-refractivity contribution >= 4 is 27.9 Å². The van der Waals surface area contributed by atoms with Crippen LogP contribution in [0.2, 0.25) is 0 Å². The van der Waals surface area contributed by atoms with Crippen LogP contribution < -0.4 is 0 Å². The number of hydrogen-bond acceptors (Lipinski definition) is 4. The molecule has 0 atom stereocenters. The summed E-state index contributed by atoms with van der Waals surface area (Å²) >= 11 is 6.58. The quantitative estimate of drug-likeness (QED) is 0.804. The van der Waals surface area contributed by atoms with Crippen LogP contribution in [0, 0.1) is 0 Å². The number of halogens is 4. The van der Waals surface area contributed by atoms with Gasteiger partial charge < -0.3 is 0 Å². The van der Waals surface area contributed by atoms with Gasteiger partial charge in [-0.3, -0.25) is 0 Å². The second-order valence-electron chi connectivity index (χ2n) is 3.00. The number of aryl methyl sites for hydroxylation is 1. The summed E-state index contributed by atoms with van der Waals surface area (Å²) in [5.41, 5.74) is 0. The van der Waals surface area contributed by atoms with Gasteiger partial charge >= 0.3 is 6.18 Å². The van der Waals surface area contributed by atoms with Crippen LogP contribution in [-0.4, -0.2) is 25.7 Å². The Morgan fingerprint density at radius 1 is 1.31 bits per heavy atom. The Morgan fingerprint density at radius 3 is 2.69 bits per heavy atom. The number of rotatable bonds is 3. The highest BCUT2D eigenvalue weighted by molar-refractivity contribution is 7.16. The molecule has 2 aromatic rings. The highest BCUT2D eigenvalue weighted by Crippen LogP contribution is 2.29. The Morgan fingerprint density at radius 2 is 2.06 bits per heavy atom. The predicted molar refractivity (Wildman–Crippen MR) is 52.7 cm³/mol. The molecule has 0 N–H and O–H groups in total. The van der Waals surface area contributed by atoms with Crippen LogP contribution >= 0.6 is 22.9 Å². The van der Waals surface area contributed by atoms with E-state index in [1.165, 1.54) is 0 Å². The molecule has 0 unspecified atom stereocenters. The molecule has 4 nitrogen and oxygen atoms in total. The molecule has 9 heteroatoms. The summed E-state index contributed by atoms with van der Waals surface area (Å²) in [5, 5.41) is 10.9. The lowest BCUT2D eigenvalue weighted by Gasteiger charge is -1.99. The second-order valence-corrected chi connectivity index (χ2v) is 4.42. The zero-order chi connectivity index (χ0) is 11.8. The molecule has 0 aliphatic heterocycles. The van der Waals surface area contributed by atoms with Gasteiger partial charge in [-0.25, -0.2) is 0 Å². The van der Waals surface area contributed by atoms with Gasteiger partial charge in [0.2, 0.25) is 4.96 Å². The summed E-state index contributed by atoms with van der Waals surface area (Å²) < 4.78 is 38.0. The summed E-state index contributed by atoms with van der Waals surface area (Å²) in [4.78, 5) is 0.150. The standard InChI is InChI=1S/C7H6ClF3N4S/c8-3-1-2-4-14-15-5(7(9,10)11)12-13-6(15)16-4/h1-3H2. The highest BCUT2D eigenvalue weighted by atomic mass is 35.5. The Balaban J connectivity index is 2.36. The molecule has 88 valence electrons. The van der Waals surface area contributed by atoms with Crippen LogP contribution in [0.25, 0.3) is 4.96 Å². The minimum Gasteiger partial charge on any atom is -0.178 e. The van der Waals surface area contributed by atoms with Gasteiger partial charge in [0, 0.05) is 12.3 Å². The van der Waals surface area contributed by atoms with E-state index >= 15 is 0 Å². The minimum absolute atomic E-state index is 0.150. The van der Waals surface area contributed by atoms with Crippen molar-refractivity contribution in [1.29, 1.82) is 0 Å². The average molecular weight is 271 g/mol. The molecule has 0 amide bonds. The number of aromatic nitrogens is 4. The summed E-state index contributed by atoms with van der Waals surface area (Å²) in [7, 11) is 0. The van der Waals surface area contributed by atoms with E-state index in [4.69, 9.17) is 11.6 Å². The molecule has 16 heavy (non-hydrogen) atoms. The Labute approximate surface area is 97.0 Å².